The second kappa shape index (κ2) is 10.8. The van der Waals surface area contributed by atoms with Crippen LogP contribution in [-0.4, -0.2) is 64.2 Å². The number of fused-ring (bicyclic) bond motifs is 1. The number of alkyl halides is 3. The number of amides is 1. The van der Waals surface area contributed by atoms with Gasteiger partial charge in [0.1, 0.15) is 9.88 Å². The summed E-state index contributed by atoms with van der Waals surface area (Å²) in [6, 6.07) is 9.65. The van der Waals surface area contributed by atoms with Crippen LogP contribution in [0, 0.1) is 0 Å². The fourth-order valence-corrected chi connectivity index (χ4v) is 5.65. The minimum Gasteiger partial charge on any atom is -0.408 e. The van der Waals surface area contributed by atoms with Gasteiger partial charge >= 0.3 is 11.9 Å². The summed E-state index contributed by atoms with van der Waals surface area (Å²) in [5.41, 5.74) is 1.78. The number of ketones is 1. The number of aromatic amines is 1. The van der Waals surface area contributed by atoms with E-state index in [9.17, 15) is 27.6 Å². The van der Waals surface area contributed by atoms with E-state index >= 15 is 0 Å². The van der Waals surface area contributed by atoms with E-state index in [1.54, 1.807) is 23.1 Å². The molecule has 2 aromatic carbocycles. The van der Waals surface area contributed by atoms with Gasteiger partial charge < -0.3 is 9.32 Å². The number of aryl methyl sites for hydroxylation is 1. The largest absolute Gasteiger partial charge is 0.417 e. The van der Waals surface area contributed by atoms with Crippen molar-refractivity contribution in [1.82, 2.24) is 19.8 Å². The van der Waals surface area contributed by atoms with E-state index in [-0.39, 0.29) is 11.7 Å². The fraction of sp³-hybridized carbons (Fsp3) is 0.333. The van der Waals surface area contributed by atoms with Crippen LogP contribution in [0.3, 0.4) is 0 Å². The Hall–Kier alpha value is -3.77. The lowest BCUT2D eigenvalue weighted by Crippen LogP contribution is -2.49. The van der Waals surface area contributed by atoms with E-state index in [4.69, 9.17) is 4.42 Å². The number of aromatic nitrogens is 2. The average molecular weight is 559 g/mol. The average Bonchev–Trinajstić information content (AvgIpc) is 3.53. The molecule has 2 aromatic heterocycles. The first-order valence-electron chi connectivity index (χ1n) is 12.5. The molecule has 0 aliphatic carbocycles. The number of carbonyl (C=O) groups is 2. The van der Waals surface area contributed by atoms with Gasteiger partial charge in [-0.3, -0.25) is 19.5 Å². The number of nitrogens with one attached hydrogen (secondary N) is 1. The highest BCUT2D eigenvalue weighted by Gasteiger charge is 2.31. The lowest BCUT2D eigenvalue weighted by Gasteiger charge is -2.34. The van der Waals surface area contributed by atoms with Crippen LogP contribution in [0.4, 0.5) is 13.2 Å². The van der Waals surface area contributed by atoms with E-state index < -0.39 is 17.5 Å². The van der Waals surface area contributed by atoms with Gasteiger partial charge in [0.05, 0.1) is 16.8 Å². The number of halogens is 3. The molecular weight excluding hydrogens is 533 g/mol. The van der Waals surface area contributed by atoms with Crippen LogP contribution in [0.5, 0.6) is 0 Å². The third-order valence-corrected chi connectivity index (χ3v) is 7.88. The summed E-state index contributed by atoms with van der Waals surface area (Å²) < 4.78 is 43.7. The highest BCUT2D eigenvalue weighted by atomic mass is 32.1. The van der Waals surface area contributed by atoms with Crippen molar-refractivity contribution in [1.29, 1.82) is 0 Å². The van der Waals surface area contributed by atoms with E-state index in [0.29, 0.717) is 83.4 Å². The number of hydrogen-bond acceptors (Lipinski definition) is 7. The number of piperazine rings is 1. The quantitative estimate of drug-likeness (QED) is 0.326. The third-order valence-electron chi connectivity index (χ3n) is 6.74. The Labute approximate surface area is 225 Å². The normalized spacial score (nSPS) is 14.7. The Balaban J connectivity index is 1.18. The van der Waals surface area contributed by atoms with Crippen molar-refractivity contribution < 1.29 is 27.2 Å². The SMILES string of the molecule is CCc1nc(-c2ccc(C(F)(F)F)cc2)sc1C(=O)N1CCN(CCC(=O)c2ccc3[nH]c(=O)oc3c2)CC1. The Morgan fingerprint density at radius 2 is 1.79 bits per heavy atom. The van der Waals surface area contributed by atoms with Gasteiger partial charge in [0, 0.05) is 50.3 Å². The summed E-state index contributed by atoms with van der Waals surface area (Å²) in [4.78, 5) is 48.8. The van der Waals surface area contributed by atoms with Crippen molar-refractivity contribution in [3.05, 3.63) is 74.7 Å². The third kappa shape index (κ3) is 5.81. The van der Waals surface area contributed by atoms with Crippen LogP contribution >= 0.6 is 11.3 Å². The highest BCUT2D eigenvalue weighted by Crippen LogP contribution is 2.33. The summed E-state index contributed by atoms with van der Waals surface area (Å²) in [6.45, 7) is 4.62. The molecule has 1 aliphatic rings. The van der Waals surface area contributed by atoms with Gasteiger partial charge in [-0.25, -0.2) is 9.78 Å². The van der Waals surface area contributed by atoms with Gasteiger partial charge in [0.25, 0.3) is 5.91 Å². The molecule has 4 aromatic rings. The van der Waals surface area contributed by atoms with Gasteiger partial charge in [-0.05, 0) is 36.8 Å². The molecule has 0 spiro atoms. The molecule has 204 valence electrons. The number of rotatable bonds is 7. The van der Waals surface area contributed by atoms with E-state index in [1.165, 1.54) is 23.5 Å². The second-order valence-corrected chi connectivity index (χ2v) is 10.3. The maximum Gasteiger partial charge on any atom is 0.417 e. The zero-order chi connectivity index (χ0) is 27.7. The van der Waals surface area contributed by atoms with Crippen LogP contribution in [-0.2, 0) is 12.6 Å². The van der Waals surface area contributed by atoms with Crippen molar-refractivity contribution in [2.45, 2.75) is 25.9 Å². The zero-order valence-corrected chi connectivity index (χ0v) is 21.8. The Kier molecular flexibility index (Phi) is 7.41. The second-order valence-electron chi connectivity index (χ2n) is 9.26. The summed E-state index contributed by atoms with van der Waals surface area (Å²) in [6.07, 6.45) is -3.60. The van der Waals surface area contributed by atoms with Gasteiger partial charge in [-0.15, -0.1) is 11.3 Å². The number of oxazole rings is 1. The first-order chi connectivity index (χ1) is 18.6. The maximum absolute atomic E-state index is 13.3. The number of thiazole rings is 1. The topological polar surface area (TPSA) is 99.5 Å². The number of nitrogens with zero attached hydrogens (tertiary/aromatic N) is 3. The Bertz CT molecular complexity index is 1560. The first-order valence-corrected chi connectivity index (χ1v) is 13.3. The van der Waals surface area contributed by atoms with E-state index in [1.807, 2.05) is 6.92 Å². The standard InChI is InChI=1S/C27H25F3N4O4S/c1-2-19-23(39-24(31-19)16-3-6-18(7-4-16)27(28,29)30)25(36)34-13-11-33(12-14-34)10-9-21(35)17-5-8-20-22(15-17)38-26(37)32-20/h3-8,15H,2,9-14H2,1H3,(H,32,37). The molecule has 1 saturated heterocycles. The molecule has 0 unspecified atom stereocenters. The predicted molar refractivity (Wildman–Crippen MR) is 140 cm³/mol. The monoisotopic (exact) mass is 558 g/mol. The van der Waals surface area contributed by atoms with Crippen molar-refractivity contribution in [2.75, 3.05) is 32.7 Å². The Morgan fingerprint density at radius 1 is 1.08 bits per heavy atom. The van der Waals surface area contributed by atoms with Crippen molar-refractivity contribution in [2.24, 2.45) is 0 Å². The van der Waals surface area contributed by atoms with Crippen LogP contribution in [0.25, 0.3) is 21.7 Å². The molecule has 39 heavy (non-hydrogen) atoms. The molecular formula is C27H25F3N4O4S. The summed E-state index contributed by atoms with van der Waals surface area (Å²) in [7, 11) is 0. The summed E-state index contributed by atoms with van der Waals surface area (Å²) in [5, 5.41) is 0.512. The van der Waals surface area contributed by atoms with E-state index in [0.717, 1.165) is 12.1 Å². The summed E-state index contributed by atoms with van der Waals surface area (Å²) in [5.74, 6) is -0.769. The van der Waals surface area contributed by atoms with Crippen LogP contribution in [0.2, 0.25) is 0 Å². The molecule has 0 bridgehead atoms. The van der Waals surface area contributed by atoms with E-state index in [2.05, 4.69) is 14.9 Å². The lowest BCUT2D eigenvalue weighted by molar-refractivity contribution is -0.137. The van der Waals surface area contributed by atoms with Crippen LogP contribution in [0.15, 0.2) is 51.7 Å². The molecule has 12 heteroatoms. The van der Waals surface area contributed by atoms with Gasteiger partial charge in [0.2, 0.25) is 0 Å². The molecule has 1 fully saturated rings. The van der Waals surface area contributed by atoms with Gasteiger partial charge in [-0.1, -0.05) is 19.1 Å². The number of H-pyrrole nitrogens is 1. The minimum atomic E-state index is -4.41. The van der Waals surface area contributed by atoms with Gasteiger partial charge in [0.15, 0.2) is 11.4 Å². The molecule has 8 nitrogen and oxygen atoms in total. The first kappa shape index (κ1) is 26.8. The molecule has 1 aliphatic heterocycles. The number of Topliss-reactive ketones (excluding diaryl/α,β-unsaturated/α-hetero) is 1. The molecule has 0 atom stereocenters. The number of benzene rings is 2. The Morgan fingerprint density at radius 3 is 2.46 bits per heavy atom. The van der Waals surface area contributed by atoms with Crippen molar-refractivity contribution in [3.8, 4) is 10.6 Å². The molecule has 0 radical (unpaired) electrons. The minimum absolute atomic E-state index is 0.0627. The molecule has 1 N–H and O–H groups in total. The summed E-state index contributed by atoms with van der Waals surface area (Å²) >= 11 is 1.20. The van der Waals surface area contributed by atoms with Crippen LogP contribution < -0.4 is 5.76 Å². The molecule has 5 rings (SSSR count). The lowest BCUT2D eigenvalue weighted by atomic mass is 10.1. The fourth-order valence-electron chi connectivity index (χ4n) is 4.52. The zero-order valence-electron chi connectivity index (χ0n) is 21.0. The smallest absolute Gasteiger partial charge is 0.408 e. The highest BCUT2D eigenvalue weighted by molar-refractivity contribution is 7.17. The number of hydrogen-bond donors (Lipinski definition) is 1. The van der Waals surface area contributed by atoms with Crippen molar-refractivity contribution in [3.63, 3.8) is 0 Å². The molecule has 3 heterocycles. The predicted octanol–water partition coefficient (Wildman–Crippen LogP) is 4.86. The maximum atomic E-state index is 13.3. The molecule has 0 saturated carbocycles. The van der Waals surface area contributed by atoms with Crippen molar-refractivity contribution >= 4 is 34.1 Å². The van der Waals surface area contributed by atoms with Crippen LogP contribution in [0.1, 0.15) is 44.6 Å². The van der Waals surface area contributed by atoms with Gasteiger partial charge in [-0.2, -0.15) is 13.2 Å². The molecule has 1 amide bonds. The number of carbonyl (C=O) groups excluding carboxylic acids is 2.